The van der Waals surface area contributed by atoms with Crippen LogP contribution in [0.4, 0.5) is 11.4 Å². The van der Waals surface area contributed by atoms with Gasteiger partial charge in [0.2, 0.25) is 11.1 Å². The normalized spacial score (nSPS) is 11.8. The Bertz CT molecular complexity index is 987. The molecule has 2 aromatic carbocycles. The number of thioether (sulfide) groups is 1. The molecule has 1 unspecified atom stereocenters. The van der Waals surface area contributed by atoms with Gasteiger partial charge in [-0.3, -0.25) is 20.0 Å². The molecule has 0 aliphatic carbocycles. The molecule has 9 heteroatoms. The third-order valence-electron chi connectivity index (χ3n) is 4.11. The molecule has 0 fully saturated rings. The van der Waals surface area contributed by atoms with Gasteiger partial charge < -0.3 is 5.32 Å². The van der Waals surface area contributed by atoms with Crippen molar-refractivity contribution in [2.75, 3.05) is 5.32 Å². The monoisotopic (exact) mass is 397 g/mol. The molecule has 8 nitrogen and oxygen atoms in total. The van der Waals surface area contributed by atoms with Crippen molar-refractivity contribution >= 4 is 29.0 Å². The standard InChI is InChI=1S/C19H19N5O3S/c1-3-13-8-10-14(11-9-13)17-21-19(23-22-17)28-12(2)18(25)20-15-6-4-5-7-16(15)24(26)27/h4-12H,3H2,1-2H3,(H,20,25)(H,21,22,23). The number of nitro benzene ring substituents is 1. The van der Waals surface area contributed by atoms with Crippen molar-refractivity contribution < 1.29 is 9.72 Å². The molecule has 28 heavy (non-hydrogen) atoms. The molecule has 0 saturated heterocycles. The zero-order chi connectivity index (χ0) is 20.1. The number of nitrogens with zero attached hydrogens (tertiary/aromatic N) is 3. The molecule has 0 bridgehead atoms. The number of aromatic nitrogens is 3. The number of H-pyrrole nitrogens is 1. The lowest BCUT2D eigenvalue weighted by Gasteiger charge is -2.10. The van der Waals surface area contributed by atoms with E-state index >= 15 is 0 Å². The maximum atomic E-state index is 12.4. The number of carbonyl (C=O) groups is 1. The number of para-hydroxylation sites is 2. The van der Waals surface area contributed by atoms with Crippen molar-refractivity contribution in [3.05, 3.63) is 64.2 Å². The third kappa shape index (κ3) is 4.55. The van der Waals surface area contributed by atoms with E-state index in [-0.39, 0.29) is 17.3 Å². The van der Waals surface area contributed by atoms with Crippen LogP contribution in [0.1, 0.15) is 19.4 Å². The first kappa shape index (κ1) is 19.6. The number of nitro groups is 1. The zero-order valence-electron chi connectivity index (χ0n) is 15.4. The molecule has 0 saturated carbocycles. The Kier molecular flexibility index (Phi) is 6.05. The Morgan fingerprint density at radius 3 is 2.64 bits per heavy atom. The van der Waals surface area contributed by atoms with Crippen LogP contribution in [0.15, 0.2) is 53.7 Å². The number of anilines is 1. The number of nitrogens with one attached hydrogen (secondary N) is 2. The Morgan fingerprint density at radius 2 is 1.96 bits per heavy atom. The predicted molar refractivity (Wildman–Crippen MR) is 108 cm³/mol. The molecule has 144 valence electrons. The van der Waals surface area contributed by atoms with Gasteiger partial charge in [0.05, 0.1) is 10.2 Å². The number of carbonyl (C=O) groups excluding carboxylic acids is 1. The van der Waals surface area contributed by atoms with E-state index < -0.39 is 10.2 Å². The van der Waals surface area contributed by atoms with Gasteiger partial charge in [-0.05, 0) is 25.0 Å². The summed E-state index contributed by atoms with van der Waals surface area (Å²) in [4.78, 5) is 27.4. The Labute approximate surface area is 165 Å². The lowest BCUT2D eigenvalue weighted by molar-refractivity contribution is -0.383. The van der Waals surface area contributed by atoms with E-state index in [4.69, 9.17) is 0 Å². The van der Waals surface area contributed by atoms with Crippen LogP contribution in [0.25, 0.3) is 11.4 Å². The minimum atomic E-state index is -0.536. The fraction of sp³-hybridized carbons (Fsp3) is 0.211. The fourth-order valence-electron chi connectivity index (χ4n) is 2.51. The number of aryl methyl sites for hydroxylation is 1. The highest BCUT2D eigenvalue weighted by molar-refractivity contribution is 8.00. The van der Waals surface area contributed by atoms with Gasteiger partial charge in [0, 0.05) is 11.6 Å². The summed E-state index contributed by atoms with van der Waals surface area (Å²) in [6.07, 6.45) is 0.962. The Balaban J connectivity index is 1.66. The van der Waals surface area contributed by atoms with E-state index in [1.165, 1.54) is 29.5 Å². The minimum Gasteiger partial charge on any atom is -0.319 e. The van der Waals surface area contributed by atoms with Crippen molar-refractivity contribution in [1.29, 1.82) is 0 Å². The molecule has 0 aliphatic rings. The van der Waals surface area contributed by atoms with Gasteiger partial charge in [-0.2, -0.15) is 0 Å². The van der Waals surface area contributed by atoms with Crippen LogP contribution in [0.5, 0.6) is 0 Å². The van der Waals surface area contributed by atoms with Crippen LogP contribution in [0.3, 0.4) is 0 Å². The topological polar surface area (TPSA) is 114 Å². The summed E-state index contributed by atoms with van der Waals surface area (Å²) >= 11 is 1.17. The highest BCUT2D eigenvalue weighted by Gasteiger charge is 2.21. The predicted octanol–water partition coefficient (Wildman–Crippen LogP) is 4.06. The molecular weight excluding hydrogens is 378 g/mol. The lowest BCUT2D eigenvalue weighted by Crippen LogP contribution is -2.23. The largest absolute Gasteiger partial charge is 0.319 e. The second-order valence-corrected chi connectivity index (χ2v) is 7.35. The van der Waals surface area contributed by atoms with Gasteiger partial charge in [0.1, 0.15) is 5.69 Å². The fourth-order valence-corrected chi connectivity index (χ4v) is 3.24. The molecule has 0 radical (unpaired) electrons. The Hall–Kier alpha value is -3.20. The summed E-state index contributed by atoms with van der Waals surface area (Å²) in [5, 5.41) is 20.6. The van der Waals surface area contributed by atoms with Gasteiger partial charge in [-0.15, -0.1) is 5.10 Å². The Morgan fingerprint density at radius 1 is 1.25 bits per heavy atom. The van der Waals surface area contributed by atoms with Crippen molar-refractivity contribution in [2.45, 2.75) is 30.7 Å². The van der Waals surface area contributed by atoms with Crippen molar-refractivity contribution in [1.82, 2.24) is 15.2 Å². The van der Waals surface area contributed by atoms with Crippen LogP contribution >= 0.6 is 11.8 Å². The van der Waals surface area contributed by atoms with Crippen LogP contribution < -0.4 is 5.32 Å². The first-order valence-electron chi connectivity index (χ1n) is 8.70. The van der Waals surface area contributed by atoms with Crippen molar-refractivity contribution in [2.24, 2.45) is 0 Å². The highest BCUT2D eigenvalue weighted by Crippen LogP contribution is 2.27. The number of benzene rings is 2. The van der Waals surface area contributed by atoms with Gasteiger partial charge in [-0.1, -0.05) is 55.1 Å². The first-order chi connectivity index (χ1) is 13.5. The summed E-state index contributed by atoms with van der Waals surface area (Å²) in [6, 6.07) is 14.0. The van der Waals surface area contributed by atoms with Crippen molar-refractivity contribution in [3.8, 4) is 11.4 Å². The smallest absolute Gasteiger partial charge is 0.292 e. The maximum Gasteiger partial charge on any atom is 0.292 e. The lowest BCUT2D eigenvalue weighted by atomic mass is 10.1. The summed E-state index contributed by atoms with van der Waals surface area (Å²) in [5.41, 5.74) is 2.16. The number of aromatic amines is 1. The second kappa shape index (κ2) is 8.66. The van der Waals surface area contributed by atoms with Crippen molar-refractivity contribution in [3.63, 3.8) is 0 Å². The zero-order valence-corrected chi connectivity index (χ0v) is 16.2. The molecular formula is C19H19N5O3S. The highest BCUT2D eigenvalue weighted by atomic mass is 32.2. The average Bonchev–Trinajstić information content (AvgIpc) is 3.16. The number of amides is 1. The van der Waals surface area contributed by atoms with E-state index in [0.717, 1.165) is 12.0 Å². The molecule has 3 rings (SSSR count). The van der Waals surface area contributed by atoms with E-state index in [2.05, 4.69) is 27.4 Å². The molecule has 1 heterocycles. The van der Waals surface area contributed by atoms with Crippen LogP contribution in [0, 0.1) is 10.1 Å². The number of hydrogen-bond donors (Lipinski definition) is 2. The maximum absolute atomic E-state index is 12.4. The molecule has 1 atom stereocenters. The average molecular weight is 397 g/mol. The van der Waals surface area contributed by atoms with Gasteiger partial charge in [0.15, 0.2) is 5.82 Å². The summed E-state index contributed by atoms with van der Waals surface area (Å²) in [5.74, 6) is 0.259. The van der Waals surface area contributed by atoms with Crippen LogP contribution in [0.2, 0.25) is 0 Å². The third-order valence-corrected chi connectivity index (χ3v) is 5.07. The van der Waals surface area contributed by atoms with Crippen LogP contribution in [-0.4, -0.2) is 31.3 Å². The SMILES string of the molecule is CCc1ccc(-c2nc(SC(C)C(=O)Nc3ccccc3[N+](=O)[O-])n[nH]2)cc1. The second-order valence-electron chi connectivity index (χ2n) is 6.04. The van der Waals surface area contributed by atoms with Crippen LogP contribution in [-0.2, 0) is 11.2 Å². The molecule has 1 amide bonds. The number of hydrogen-bond acceptors (Lipinski definition) is 6. The van der Waals surface area contributed by atoms with E-state index in [9.17, 15) is 14.9 Å². The summed E-state index contributed by atoms with van der Waals surface area (Å²) < 4.78 is 0. The minimum absolute atomic E-state index is 0.149. The molecule has 1 aromatic heterocycles. The quantitative estimate of drug-likeness (QED) is 0.353. The summed E-state index contributed by atoms with van der Waals surface area (Å²) in [6.45, 7) is 3.79. The van der Waals surface area contributed by atoms with E-state index in [0.29, 0.717) is 11.0 Å². The summed E-state index contributed by atoms with van der Waals surface area (Å²) in [7, 11) is 0. The molecule has 0 spiro atoms. The molecule has 2 N–H and O–H groups in total. The van der Waals surface area contributed by atoms with Gasteiger partial charge in [-0.25, -0.2) is 4.98 Å². The van der Waals surface area contributed by atoms with E-state index in [1.807, 2.05) is 24.3 Å². The molecule has 0 aliphatic heterocycles. The van der Waals surface area contributed by atoms with Gasteiger partial charge in [0.25, 0.3) is 5.69 Å². The first-order valence-corrected chi connectivity index (χ1v) is 9.58. The van der Waals surface area contributed by atoms with E-state index in [1.54, 1.807) is 19.1 Å². The van der Waals surface area contributed by atoms with Gasteiger partial charge >= 0.3 is 0 Å². The molecule has 3 aromatic rings. The number of rotatable bonds is 7.